The predicted molar refractivity (Wildman–Crippen MR) is 286 cm³/mol. The van der Waals surface area contributed by atoms with Crippen molar-refractivity contribution in [3.8, 4) is 0 Å². The monoisotopic (exact) mass is 1120 g/mol. The van der Waals surface area contributed by atoms with Crippen molar-refractivity contribution < 1.29 is 67.4 Å². The lowest BCUT2D eigenvalue weighted by molar-refractivity contribution is -0.154. The van der Waals surface area contributed by atoms with Crippen molar-refractivity contribution in [3.63, 3.8) is 0 Å². The van der Waals surface area contributed by atoms with Crippen molar-refractivity contribution >= 4 is 82.8 Å². The van der Waals surface area contributed by atoms with Gasteiger partial charge in [0.1, 0.15) is 54.4 Å². The number of rotatable bonds is 36. The Kier molecular flexibility index (Phi) is 30.9. The number of nitrogens with zero attached hydrogens (tertiary/aromatic N) is 3. The van der Waals surface area contributed by atoms with Crippen LogP contribution in [0.1, 0.15) is 138 Å². The van der Waals surface area contributed by atoms with E-state index in [4.69, 9.17) is 34.4 Å². The number of guanidine groups is 1. The summed E-state index contributed by atoms with van der Waals surface area (Å²) in [4.78, 5) is 179. The number of primary amides is 3. The van der Waals surface area contributed by atoms with Gasteiger partial charge in [-0.2, -0.15) is 0 Å². The summed E-state index contributed by atoms with van der Waals surface area (Å²) < 4.78 is 0. The number of aliphatic hydroxyl groups is 1. The highest BCUT2D eigenvalue weighted by Gasteiger charge is 2.43. The largest absolute Gasteiger partial charge is 0.391 e. The minimum Gasteiger partial charge on any atom is -0.391 e. The van der Waals surface area contributed by atoms with Crippen molar-refractivity contribution in [3.05, 3.63) is 0 Å². The van der Waals surface area contributed by atoms with Crippen molar-refractivity contribution in [2.24, 2.45) is 45.3 Å². The van der Waals surface area contributed by atoms with Crippen LogP contribution < -0.4 is 71.6 Å². The zero-order chi connectivity index (χ0) is 60.3. The standard InChI is InChI=1S/C49H86N16O14/c1-8-14-32(61-46(77)39(27(5)66)63-45(76)38(25(3)9-2)62-42(73)31(19-21-37(52)70)59-41(72)30(58-28(6)67)18-20-36(51)69)48(79)65(29(7)68)35(16-10-11-22-50)44(75)60-33(15-12-23-56-49(54)55)47(78)64-24-13-17-34(64)43(74)57-26(4)40(53)71/h25-27,30-35,38-39,66H,8-24,50H2,1-7H3,(H2,51,69)(H2,52,70)(H2,53,71)(H,57,74)(H,58,67)(H,59,72)(H,60,75)(H,61,77)(H,62,73)(H,63,76)(H4,54,55,56)/t25-,26+,27+,30-,31-,32-,33-,34-,35-,38+,39-/m0/s1. The molecule has 20 N–H and O–H groups in total. The number of nitrogens with two attached hydrogens (primary N) is 6. The number of likely N-dealkylation sites (tertiary alicyclic amines) is 1. The van der Waals surface area contributed by atoms with E-state index in [-0.39, 0.29) is 96.2 Å². The minimum atomic E-state index is -1.83. The van der Waals surface area contributed by atoms with Crippen molar-refractivity contribution in [1.82, 2.24) is 47.0 Å². The van der Waals surface area contributed by atoms with Crippen molar-refractivity contribution in [1.29, 1.82) is 0 Å². The molecule has 0 bridgehead atoms. The van der Waals surface area contributed by atoms with Crippen LogP contribution in [0.4, 0.5) is 0 Å². The second-order valence-electron chi connectivity index (χ2n) is 19.6. The first kappa shape index (κ1) is 69.5. The Labute approximate surface area is 459 Å². The van der Waals surface area contributed by atoms with Crippen LogP contribution >= 0.6 is 0 Å². The third-order valence-corrected chi connectivity index (χ3v) is 13.0. The van der Waals surface area contributed by atoms with Crippen molar-refractivity contribution in [2.75, 3.05) is 19.6 Å². The number of amides is 13. The van der Waals surface area contributed by atoms with Crippen LogP contribution in [0.25, 0.3) is 0 Å². The summed E-state index contributed by atoms with van der Waals surface area (Å²) in [5.41, 5.74) is 32.7. The molecule has 1 aliphatic rings. The Morgan fingerprint density at radius 3 is 1.68 bits per heavy atom. The summed E-state index contributed by atoms with van der Waals surface area (Å²) in [5, 5.41) is 28.3. The van der Waals surface area contributed by atoms with Gasteiger partial charge in [-0.1, -0.05) is 33.6 Å². The lowest BCUT2D eigenvalue weighted by Gasteiger charge is -2.34. The maximum atomic E-state index is 14.7. The van der Waals surface area contributed by atoms with Crippen LogP contribution in [0, 0.1) is 5.92 Å². The molecule has 0 saturated carbocycles. The molecule has 446 valence electrons. The fourth-order valence-electron chi connectivity index (χ4n) is 8.51. The minimum absolute atomic E-state index is 0.0298. The highest BCUT2D eigenvalue weighted by Crippen LogP contribution is 2.22. The second kappa shape index (κ2) is 35.1. The maximum absolute atomic E-state index is 14.7. The number of hydrogen-bond acceptors (Lipinski definition) is 16. The van der Waals surface area contributed by atoms with E-state index in [2.05, 4.69) is 42.2 Å². The van der Waals surface area contributed by atoms with Gasteiger partial charge in [0.25, 0.3) is 5.91 Å². The highest BCUT2D eigenvalue weighted by atomic mass is 16.3. The molecule has 1 fully saturated rings. The van der Waals surface area contributed by atoms with E-state index < -0.39 is 150 Å². The molecular weight excluding hydrogens is 1040 g/mol. The molecule has 0 aliphatic carbocycles. The molecule has 1 heterocycles. The normalized spacial score (nSPS) is 16.7. The average molecular weight is 1120 g/mol. The molecule has 0 spiro atoms. The number of carbonyl (C=O) groups is 13. The number of carbonyl (C=O) groups excluding carboxylic acids is 13. The fourth-order valence-corrected chi connectivity index (χ4v) is 8.51. The van der Waals surface area contributed by atoms with Crippen LogP contribution in [0.2, 0.25) is 0 Å². The SMILES string of the molecule is CCC[C@H](NC(=O)[C@@H](NC(=O)[C@H](NC(=O)[C@H](CCC(N)=O)NC(=O)[C@H](CCC(N)=O)NC(C)=O)[C@@H](C)CC)[C@@H](C)O)C(=O)N(C(C)=O)[C@@H](CCCCN)C(=O)N[C@@H](CCCN=C(N)N)C(=O)N1CCC[C@H]1C(=O)N[C@H](C)C(N)=O. The Morgan fingerprint density at radius 1 is 0.633 bits per heavy atom. The van der Waals surface area contributed by atoms with E-state index in [1.165, 1.54) is 11.8 Å². The molecule has 1 rings (SSSR count). The Bertz CT molecular complexity index is 2190. The molecular formula is C49H86N16O14. The van der Waals surface area contributed by atoms with Gasteiger partial charge in [0.15, 0.2) is 5.96 Å². The zero-order valence-corrected chi connectivity index (χ0v) is 46.4. The van der Waals surface area contributed by atoms with Crippen LogP contribution in [0.15, 0.2) is 4.99 Å². The van der Waals surface area contributed by atoms with Gasteiger partial charge < -0.3 is 81.6 Å². The quantitative estimate of drug-likeness (QED) is 0.0158. The molecule has 0 aromatic rings. The van der Waals surface area contributed by atoms with Gasteiger partial charge in [-0.05, 0) is 90.5 Å². The number of imide groups is 1. The molecule has 1 saturated heterocycles. The van der Waals surface area contributed by atoms with Gasteiger partial charge in [-0.15, -0.1) is 0 Å². The Morgan fingerprint density at radius 2 is 1.18 bits per heavy atom. The number of aliphatic imine (C=N–C) groups is 1. The number of hydrogen-bond donors (Lipinski definition) is 14. The fraction of sp³-hybridized carbons (Fsp3) is 0.714. The first-order chi connectivity index (χ1) is 37.0. The number of unbranched alkanes of at least 4 members (excludes halogenated alkanes) is 1. The van der Waals surface area contributed by atoms with Crippen LogP contribution in [-0.2, 0) is 62.3 Å². The molecule has 13 amide bonds. The summed E-state index contributed by atoms with van der Waals surface area (Å²) in [6, 6.07) is -12.8. The smallest absolute Gasteiger partial charge is 0.252 e. The van der Waals surface area contributed by atoms with Gasteiger partial charge in [0, 0.05) is 39.8 Å². The molecule has 11 atom stereocenters. The third-order valence-electron chi connectivity index (χ3n) is 13.0. The van der Waals surface area contributed by atoms with E-state index >= 15 is 0 Å². The topological polar surface area (TPSA) is 501 Å². The van der Waals surface area contributed by atoms with E-state index in [0.29, 0.717) is 17.7 Å². The summed E-state index contributed by atoms with van der Waals surface area (Å²) >= 11 is 0. The molecule has 0 aromatic heterocycles. The summed E-state index contributed by atoms with van der Waals surface area (Å²) in [5.74, 6) is -12.4. The van der Waals surface area contributed by atoms with E-state index in [1.54, 1.807) is 20.8 Å². The first-order valence-electron chi connectivity index (χ1n) is 26.6. The predicted octanol–water partition coefficient (Wildman–Crippen LogP) is -5.42. The molecule has 30 heteroatoms. The van der Waals surface area contributed by atoms with Gasteiger partial charge in [0.05, 0.1) is 6.10 Å². The van der Waals surface area contributed by atoms with Crippen molar-refractivity contribution in [2.45, 2.75) is 199 Å². The summed E-state index contributed by atoms with van der Waals surface area (Å²) in [7, 11) is 0. The van der Waals surface area contributed by atoms with E-state index in [1.807, 2.05) is 0 Å². The van der Waals surface area contributed by atoms with Gasteiger partial charge >= 0.3 is 0 Å². The molecule has 1 aliphatic heterocycles. The first-order valence-corrected chi connectivity index (χ1v) is 26.6. The summed E-state index contributed by atoms with van der Waals surface area (Å²) in [6.07, 6.45) is -1.67. The van der Waals surface area contributed by atoms with E-state index in [0.717, 1.165) is 20.8 Å². The lowest BCUT2D eigenvalue weighted by Crippen LogP contribution is -2.63. The average Bonchev–Trinajstić information content (AvgIpc) is 3.87. The molecule has 0 unspecified atom stereocenters. The van der Waals surface area contributed by atoms with Crippen LogP contribution in [0.5, 0.6) is 0 Å². The summed E-state index contributed by atoms with van der Waals surface area (Å²) in [6.45, 7) is 9.86. The van der Waals surface area contributed by atoms with Gasteiger partial charge in [-0.3, -0.25) is 72.2 Å². The van der Waals surface area contributed by atoms with Crippen LogP contribution in [0.3, 0.4) is 0 Å². The second-order valence-corrected chi connectivity index (χ2v) is 19.6. The number of aliphatic hydroxyl groups excluding tert-OH is 1. The maximum Gasteiger partial charge on any atom is 0.252 e. The molecule has 30 nitrogen and oxygen atoms in total. The lowest BCUT2D eigenvalue weighted by atomic mass is 9.96. The van der Waals surface area contributed by atoms with Gasteiger partial charge in [0.2, 0.25) is 70.9 Å². The molecule has 79 heavy (non-hydrogen) atoms. The highest BCUT2D eigenvalue weighted by molar-refractivity contribution is 6.04. The molecule has 0 aromatic carbocycles. The third kappa shape index (κ3) is 24.0. The Balaban J connectivity index is 3.66. The Hall–Kier alpha value is -7.50. The van der Waals surface area contributed by atoms with Crippen LogP contribution in [-0.4, -0.2) is 178 Å². The zero-order valence-electron chi connectivity index (χ0n) is 46.4. The van der Waals surface area contributed by atoms with E-state index in [9.17, 15) is 67.4 Å². The molecule has 0 radical (unpaired) electrons. The number of nitrogens with one attached hydrogen (secondary N) is 7. The van der Waals surface area contributed by atoms with Gasteiger partial charge in [-0.25, -0.2) is 0 Å².